The summed E-state index contributed by atoms with van der Waals surface area (Å²) in [4.78, 5) is 19.7. The smallest absolute Gasteiger partial charge is 0.257 e. The zero-order valence-electron chi connectivity index (χ0n) is 16.7. The van der Waals surface area contributed by atoms with E-state index in [9.17, 15) is 4.79 Å². The molecule has 28 heavy (non-hydrogen) atoms. The third-order valence-electron chi connectivity index (χ3n) is 5.29. The predicted molar refractivity (Wildman–Crippen MR) is 108 cm³/mol. The minimum absolute atomic E-state index is 0.0220. The number of carbonyl (C=O) groups excluding carboxylic acids is 1. The van der Waals surface area contributed by atoms with Crippen LogP contribution >= 0.6 is 0 Å². The van der Waals surface area contributed by atoms with Gasteiger partial charge in [-0.2, -0.15) is 0 Å². The molecule has 0 N–H and O–H groups in total. The molecular formula is C22H25N3O3. The maximum atomic E-state index is 13.0. The van der Waals surface area contributed by atoms with Gasteiger partial charge in [-0.15, -0.1) is 0 Å². The fraction of sp³-hybridized carbons (Fsp3) is 0.364. The monoisotopic (exact) mass is 379 g/mol. The molecule has 2 aromatic carbocycles. The Morgan fingerprint density at radius 1 is 1.11 bits per heavy atom. The Morgan fingerprint density at radius 2 is 1.86 bits per heavy atom. The molecular weight excluding hydrogens is 354 g/mol. The third-order valence-corrected chi connectivity index (χ3v) is 5.29. The molecule has 0 saturated carbocycles. The number of hydrogen-bond donors (Lipinski definition) is 0. The van der Waals surface area contributed by atoms with Crippen molar-refractivity contribution >= 4 is 16.9 Å². The standard InChI is InChI=1S/C22H25N3O3/c1-14(2)21-23-18-7-5-6-8-19(18)25(21)15-12-24(13-15)22(26)17-10-9-16(27-3)11-20(17)28-4/h5-11,14-15H,12-13H2,1-4H3. The molecule has 1 aliphatic heterocycles. The number of hydrogen-bond acceptors (Lipinski definition) is 4. The van der Waals surface area contributed by atoms with Gasteiger partial charge >= 0.3 is 0 Å². The molecule has 1 amide bonds. The molecule has 0 atom stereocenters. The van der Waals surface area contributed by atoms with Crippen molar-refractivity contribution in [3.63, 3.8) is 0 Å². The number of ether oxygens (including phenoxy) is 2. The highest BCUT2D eigenvalue weighted by Crippen LogP contribution is 2.33. The van der Waals surface area contributed by atoms with Gasteiger partial charge in [0, 0.05) is 25.1 Å². The number of methoxy groups -OCH3 is 2. The van der Waals surface area contributed by atoms with E-state index in [2.05, 4.69) is 24.5 Å². The number of likely N-dealkylation sites (tertiary alicyclic amines) is 1. The zero-order chi connectivity index (χ0) is 19.8. The van der Waals surface area contributed by atoms with Gasteiger partial charge in [0.2, 0.25) is 0 Å². The first-order valence-electron chi connectivity index (χ1n) is 9.51. The summed E-state index contributed by atoms with van der Waals surface area (Å²) in [5, 5.41) is 0. The lowest BCUT2D eigenvalue weighted by molar-refractivity contribution is 0.0518. The van der Waals surface area contributed by atoms with Crippen LogP contribution in [0.3, 0.4) is 0 Å². The summed E-state index contributed by atoms with van der Waals surface area (Å²) in [6.45, 7) is 5.63. The van der Waals surface area contributed by atoms with E-state index in [1.54, 1.807) is 32.4 Å². The number of imidazole rings is 1. The van der Waals surface area contributed by atoms with Crippen LogP contribution in [-0.2, 0) is 0 Å². The summed E-state index contributed by atoms with van der Waals surface area (Å²) in [5.41, 5.74) is 2.69. The highest BCUT2D eigenvalue weighted by Gasteiger charge is 2.35. The molecule has 2 heterocycles. The van der Waals surface area contributed by atoms with Crippen LogP contribution in [0.5, 0.6) is 11.5 Å². The first kappa shape index (κ1) is 18.3. The topological polar surface area (TPSA) is 56.6 Å². The minimum atomic E-state index is -0.0220. The molecule has 0 unspecified atom stereocenters. The van der Waals surface area contributed by atoms with Crippen molar-refractivity contribution in [3.8, 4) is 11.5 Å². The van der Waals surface area contributed by atoms with Gasteiger partial charge in [-0.25, -0.2) is 4.98 Å². The molecule has 0 bridgehead atoms. The van der Waals surface area contributed by atoms with Gasteiger partial charge < -0.3 is 18.9 Å². The van der Waals surface area contributed by atoms with E-state index < -0.39 is 0 Å². The van der Waals surface area contributed by atoms with Gasteiger partial charge in [0.1, 0.15) is 17.3 Å². The SMILES string of the molecule is COc1ccc(C(=O)N2CC(n3c(C(C)C)nc4ccccc43)C2)c(OC)c1. The molecule has 1 aliphatic rings. The first-order valence-corrected chi connectivity index (χ1v) is 9.51. The first-order chi connectivity index (χ1) is 13.5. The number of nitrogens with zero attached hydrogens (tertiary/aromatic N) is 3. The van der Waals surface area contributed by atoms with E-state index in [0.717, 1.165) is 16.9 Å². The Kier molecular flexibility index (Phi) is 4.71. The largest absolute Gasteiger partial charge is 0.497 e. The van der Waals surface area contributed by atoms with Crippen molar-refractivity contribution < 1.29 is 14.3 Å². The molecule has 0 spiro atoms. The Bertz CT molecular complexity index is 1020. The van der Waals surface area contributed by atoms with E-state index in [4.69, 9.17) is 14.5 Å². The number of carbonyl (C=O) groups is 1. The van der Waals surface area contributed by atoms with E-state index in [0.29, 0.717) is 36.1 Å². The van der Waals surface area contributed by atoms with Crippen LogP contribution in [0.2, 0.25) is 0 Å². The molecule has 1 saturated heterocycles. The molecule has 3 aromatic rings. The van der Waals surface area contributed by atoms with E-state index in [-0.39, 0.29) is 11.9 Å². The molecule has 1 aromatic heterocycles. The molecule has 0 aliphatic carbocycles. The molecule has 1 fully saturated rings. The van der Waals surface area contributed by atoms with Crippen LogP contribution in [0.1, 0.15) is 42.0 Å². The van der Waals surface area contributed by atoms with Gasteiger partial charge in [0.05, 0.1) is 36.9 Å². The highest BCUT2D eigenvalue weighted by atomic mass is 16.5. The fourth-order valence-electron chi connectivity index (χ4n) is 3.78. The minimum Gasteiger partial charge on any atom is -0.497 e. The van der Waals surface area contributed by atoms with Gasteiger partial charge in [-0.3, -0.25) is 4.79 Å². The second kappa shape index (κ2) is 7.19. The number of amides is 1. The summed E-state index contributed by atoms with van der Waals surface area (Å²) in [6, 6.07) is 13.7. The molecule has 146 valence electrons. The van der Waals surface area contributed by atoms with Crippen LogP contribution in [0.4, 0.5) is 0 Å². The van der Waals surface area contributed by atoms with Crippen LogP contribution in [-0.4, -0.2) is 47.7 Å². The normalized spacial score (nSPS) is 14.4. The van der Waals surface area contributed by atoms with E-state index in [1.165, 1.54) is 0 Å². The summed E-state index contributed by atoms with van der Waals surface area (Å²) >= 11 is 0. The Balaban J connectivity index is 1.58. The zero-order valence-corrected chi connectivity index (χ0v) is 16.7. The molecule has 6 nitrogen and oxygen atoms in total. The molecule has 4 rings (SSSR count). The summed E-state index contributed by atoms with van der Waals surface area (Å²) in [5.74, 6) is 2.57. The maximum Gasteiger partial charge on any atom is 0.257 e. The summed E-state index contributed by atoms with van der Waals surface area (Å²) in [7, 11) is 3.16. The van der Waals surface area contributed by atoms with Crippen molar-refractivity contribution in [3.05, 3.63) is 53.9 Å². The molecule has 0 radical (unpaired) electrons. The van der Waals surface area contributed by atoms with Crippen molar-refractivity contribution in [1.82, 2.24) is 14.5 Å². The maximum absolute atomic E-state index is 13.0. The van der Waals surface area contributed by atoms with Crippen LogP contribution in [0.25, 0.3) is 11.0 Å². The van der Waals surface area contributed by atoms with Crippen molar-refractivity contribution in [1.29, 1.82) is 0 Å². The van der Waals surface area contributed by atoms with E-state index in [1.807, 2.05) is 23.1 Å². The second-order valence-corrected chi connectivity index (χ2v) is 7.41. The van der Waals surface area contributed by atoms with Gasteiger partial charge in [0.25, 0.3) is 5.91 Å². The predicted octanol–water partition coefficient (Wildman–Crippen LogP) is 3.87. The number of fused-ring (bicyclic) bond motifs is 1. The third kappa shape index (κ3) is 2.99. The lowest BCUT2D eigenvalue weighted by Gasteiger charge is -2.41. The second-order valence-electron chi connectivity index (χ2n) is 7.41. The van der Waals surface area contributed by atoms with Gasteiger partial charge in [-0.1, -0.05) is 26.0 Å². The Morgan fingerprint density at radius 3 is 2.54 bits per heavy atom. The number of aromatic nitrogens is 2. The van der Waals surface area contributed by atoms with E-state index >= 15 is 0 Å². The van der Waals surface area contributed by atoms with Crippen LogP contribution in [0, 0.1) is 0 Å². The molecule has 6 heteroatoms. The lowest BCUT2D eigenvalue weighted by atomic mass is 10.0. The quantitative estimate of drug-likeness (QED) is 0.675. The summed E-state index contributed by atoms with van der Waals surface area (Å²) in [6.07, 6.45) is 0. The Labute approximate surface area is 164 Å². The summed E-state index contributed by atoms with van der Waals surface area (Å²) < 4.78 is 12.9. The number of rotatable bonds is 5. The average Bonchev–Trinajstić information content (AvgIpc) is 3.06. The Hall–Kier alpha value is -3.02. The highest BCUT2D eigenvalue weighted by molar-refractivity contribution is 5.97. The van der Waals surface area contributed by atoms with Crippen molar-refractivity contribution in [2.24, 2.45) is 0 Å². The van der Waals surface area contributed by atoms with Crippen molar-refractivity contribution in [2.75, 3.05) is 27.3 Å². The lowest BCUT2D eigenvalue weighted by Crippen LogP contribution is -2.51. The van der Waals surface area contributed by atoms with Crippen LogP contribution < -0.4 is 9.47 Å². The van der Waals surface area contributed by atoms with Gasteiger partial charge in [0.15, 0.2) is 0 Å². The fourth-order valence-corrected chi connectivity index (χ4v) is 3.78. The van der Waals surface area contributed by atoms with Crippen molar-refractivity contribution in [2.45, 2.75) is 25.8 Å². The number of para-hydroxylation sites is 2. The van der Waals surface area contributed by atoms with Crippen LogP contribution in [0.15, 0.2) is 42.5 Å². The van der Waals surface area contributed by atoms with Gasteiger partial charge in [-0.05, 0) is 24.3 Å². The number of benzene rings is 2. The average molecular weight is 379 g/mol.